The molecular formula is C19H19FN2O4S. The number of thioether (sulfide) groups is 1. The summed E-state index contributed by atoms with van der Waals surface area (Å²) in [6.07, 6.45) is -0.266. The highest BCUT2D eigenvalue weighted by atomic mass is 32.2. The molecule has 2 aromatic carbocycles. The van der Waals surface area contributed by atoms with Gasteiger partial charge in [0.05, 0.1) is 5.75 Å². The minimum Gasteiger partial charge on any atom is -0.480 e. The van der Waals surface area contributed by atoms with Gasteiger partial charge in [0, 0.05) is 17.8 Å². The second kappa shape index (κ2) is 9.72. The Bertz CT molecular complexity index is 809. The van der Waals surface area contributed by atoms with Gasteiger partial charge in [0.15, 0.2) is 0 Å². The molecule has 0 saturated carbocycles. The lowest BCUT2D eigenvalue weighted by Crippen LogP contribution is -2.26. The van der Waals surface area contributed by atoms with Gasteiger partial charge in [-0.15, -0.1) is 11.8 Å². The molecule has 3 N–H and O–H groups in total. The largest absolute Gasteiger partial charge is 0.480 e. The number of carboxylic acids is 1. The lowest BCUT2D eigenvalue weighted by Gasteiger charge is -2.12. The van der Waals surface area contributed by atoms with E-state index in [2.05, 4.69) is 10.6 Å². The van der Waals surface area contributed by atoms with Crippen molar-refractivity contribution in [2.75, 3.05) is 16.4 Å². The molecule has 8 heteroatoms. The van der Waals surface area contributed by atoms with Gasteiger partial charge in [-0.2, -0.15) is 0 Å². The van der Waals surface area contributed by atoms with Crippen molar-refractivity contribution in [1.82, 2.24) is 0 Å². The molecule has 0 aliphatic carbocycles. The van der Waals surface area contributed by atoms with Crippen LogP contribution < -0.4 is 10.6 Å². The molecular weight excluding hydrogens is 371 g/mol. The van der Waals surface area contributed by atoms with Crippen molar-refractivity contribution in [3.63, 3.8) is 0 Å². The molecule has 0 bridgehead atoms. The maximum atomic E-state index is 12.8. The highest BCUT2D eigenvalue weighted by Crippen LogP contribution is 2.18. The van der Waals surface area contributed by atoms with Gasteiger partial charge in [0.2, 0.25) is 11.8 Å². The quantitative estimate of drug-likeness (QED) is 0.643. The Hall–Kier alpha value is -2.87. The smallest absolute Gasteiger partial charge is 0.317 e. The number of amides is 2. The summed E-state index contributed by atoms with van der Waals surface area (Å²) in [7, 11) is 0. The van der Waals surface area contributed by atoms with Crippen molar-refractivity contribution in [1.29, 1.82) is 0 Å². The molecule has 0 heterocycles. The lowest BCUT2D eigenvalue weighted by molar-refractivity contribution is -0.137. The average molecular weight is 390 g/mol. The molecule has 6 nitrogen and oxygen atoms in total. The van der Waals surface area contributed by atoms with E-state index in [-0.39, 0.29) is 12.2 Å². The number of carbonyl (C=O) groups is 3. The van der Waals surface area contributed by atoms with E-state index in [1.165, 1.54) is 24.3 Å². The fraction of sp³-hybridized carbons (Fsp3) is 0.211. The monoisotopic (exact) mass is 390 g/mol. The van der Waals surface area contributed by atoms with E-state index in [4.69, 9.17) is 0 Å². The zero-order chi connectivity index (χ0) is 19.8. The summed E-state index contributed by atoms with van der Waals surface area (Å²) in [6, 6.07) is 12.3. The second-order valence-corrected chi connectivity index (χ2v) is 7.00. The molecule has 142 valence electrons. The number of hydrogen-bond acceptors (Lipinski definition) is 4. The van der Waals surface area contributed by atoms with Gasteiger partial charge in [0.25, 0.3) is 0 Å². The van der Waals surface area contributed by atoms with Crippen LogP contribution in [0.25, 0.3) is 0 Å². The Morgan fingerprint density at radius 1 is 0.963 bits per heavy atom. The van der Waals surface area contributed by atoms with Crippen LogP contribution in [0.5, 0.6) is 0 Å². The number of nitrogens with one attached hydrogen (secondary N) is 2. The van der Waals surface area contributed by atoms with E-state index in [1.54, 1.807) is 12.1 Å². The first-order valence-corrected chi connectivity index (χ1v) is 9.14. The molecule has 2 amide bonds. The number of aryl methyl sites for hydroxylation is 1. The molecule has 0 saturated heterocycles. The van der Waals surface area contributed by atoms with Gasteiger partial charge >= 0.3 is 5.97 Å². The van der Waals surface area contributed by atoms with E-state index in [1.807, 2.05) is 19.1 Å². The first-order chi connectivity index (χ1) is 12.8. The molecule has 0 aliphatic heterocycles. The zero-order valence-corrected chi connectivity index (χ0v) is 15.4. The average Bonchev–Trinajstić information content (AvgIpc) is 2.62. The normalized spacial score (nSPS) is 11.5. The van der Waals surface area contributed by atoms with Gasteiger partial charge in [-0.3, -0.25) is 14.4 Å². The Kier molecular flexibility index (Phi) is 7.36. The number of anilines is 2. The Balaban J connectivity index is 1.84. The molecule has 0 aliphatic rings. The van der Waals surface area contributed by atoms with E-state index in [0.717, 1.165) is 17.3 Å². The minimum atomic E-state index is -1.17. The highest BCUT2D eigenvalue weighted by Gasteiger charge is 2.23. The summed E-state index contributed by atoms with van der Waals surface area (Å²) in [4.78, 5) is 35.3. The molecule has 0 fully saturated rings. The van der Waals surface area contributed by atoms with Crippen molar-refractivity contribution >= 4 is 40.9 Å². The maximum absolute atomic E-state index is 12.8. The number of halogens is 1. The number of hydrogen-bond donors (Lipinski definition) is 3. The fourth-order valence-corrected chi connectivity index (χ4v) is 2.98. The van der Waals surface area contributed by atoms with Crippen LogP contribution in [0.15, 0.2) is 48.5 Å². The van der Waals surface area contributed by atoms with Crippen LogP contribution in [-0.2, 0) is 14.4 Å². The number of aliphatic carboxylic acids is 1. The Morgan fingerprint density at radius 2 is 1.48 bits per heavy atom. The van der Waals surface area contributed by atoms with Crippen LogP contribution >= 0.6 is 11.8 Å². The second-order valence-electron chi connectivity index (χ2n) is 5.81. The lowest BCUT2D eigenvalue weighted by atomic mass is 10.2. The number of carboxylic acid groups (broad SMARTS) is 1. The number of carbonyl (C=O) groups excluding carboxylic acids is 2. The van der Waals surface area contributed by atoms with Crippen LogP contribution in [0, 0.1) is 12.7 Å². The molecule has 0 radical (unpaired) electrons. The summed E-state index contributed by atoms with van der Waals surface area (Å²) in [5.41, 5.74) is 2.03. The van der Waals surface area contributed by atoms with Crippen molar-refractivity contribution in [3.05, 3.63) is 59.9 Å². The van der Waals surface area contributed by atoms with Crippen LogP contribution in [0.2, 0.25) is 0 Å². The van der Waals surface area contributed by atoms with Crippen LogP contribution in [-0.4, -0.2) is 33.9 Å². The summed E-state index contributed by atoms with van der Waals surface area (Å²) in [5, 5.41) is 13.4. The zero-order valence-electron chi connectivity index (χ0n) is 14.6. The van der Waals surface area contributed by atoms with Gasteiger partial charge in [-0.05, 0) is 43.3 Å². The third-order valence-corrected chi connectivity index (χ3v) is 4.72. The molecule has 1 atom stereocenters. The van der Waals surface area contributed by atoms with E-state index < -0.39 is 28.9 Å². The highest BCUT2D eigenvalue weighted by molar-refractivity contribution is 8.01. The maximum Gasteiger partial charge on any atom is 0.317 e. The number of benzene rings is 2. The molecule has 2 aromatic rings. The van der Waals surface area contributed by atoms with Gasteiger partial charge in [-0.25, -0.2) is 4.39 Å². The van der Waals surface area contributed by atoms with Crippen molar-refractivity contribution in [2.24, 2.45) is 0 Å². The first-order valence-electron chi connectivity index (χ1n) is 8.10. The Labute approximate surface area is 160 Å². The van der Waals surface area contributed by atoms with E-state index in [0.29, 0.717) is 11.4 Å². The fourth-order valence-electron chi connectivity index (χ4n) is 2.14. The SMILES string of the molecule is Cc1ccc(NC(=O)CC(SCC(=O)Nc2ccc(F)cc2)C(=O)O)cc1. The first kappa shape index (κ1) is 20.4. The third kappa shape index (κ3) is 7.10. The van der Waals surface area contributed by atoms with E-state index in [9.17, 15) is 23.9 Å². The van der Waals surface area contributed by atoms with Gasteiger partial charge in [0.1, 0.15) is 11.1 Å². The molecule has 0 aromatic heterocycles. The number of rotatable bonds is 8. The third-order valence-electron chi connectivity index (χ3n) is 3.53. The van der Waals surface area contributed by atoms with Gasteiger partial charge < -0.3 is 15.7 Å². The molecule has 27 heavy (non-hydrogen) atoms. The predicted octanol–water partition coefficient (Wildman–Crippen LogP) is 3.29. The summed E-state index contributed by atoms with van der Waals surface area (Å²) >= 11 is 0.855. The van der Waals surface area contributed by atoms with Crippen LogP contribution in [0.1, 0.15) is 12.0 Å². The topological polar surface area (TPSA) is 95.5 Å². The van der Waals surface area contributed by atoms with Crippen LogP contribution in [0.3, 0.4) is 0 Å². The molecule has 1 unspecified atom stereocenters. The predicted molar refractivity (Wildman–Crippen MR) is 103 cm³/mol. The van der Waals surface area contributed by atoms with Crippen molar-refractivity contribution in [3.8, 4) is 0 Å². The van der Waals surface area contributed by atoms with Crippen LogP contribution in [0.4, 0.5) is 15.8 Å². The minimum absolute atomic E-state index is 0.147. The molecule has 0 spiro atoms. The standard InChI is InChI=1S/C19H19FN2O4S/c1-12-2-6-14(7-3-12)21-17(23)10-16(19(25)26)27-11-18(24)22-15-8-4-13(20)5-9-15/h2-9,16H,10-11H2,1H3,(H,21,23)(H,22,24)(H,25,26). The Morgan fingerprint density at radius 3 is 2.04 bits per heavy atom. The van der Waals surface area contributed by atoms with Gasteiger partial charge in [-0.1, -0.05) is 17.7 Å². The summed E-state index contributed by atoms with van der Waals surface area (Å²) in [6.45, 7) is 1.92. The van der Waals surface area contributed by atoms with E-state index >= 15 is 0 Å². The summed E-state index contributed by atoms with van der Waals surface area (Å²) in [5.74, 6) is -2.62. The summed E-state index contributed by atoms with van der Waals surface area (Å²) < 4.78 is 12.8. The van der Waals surface area contributed by atoms with Crippen molar-refractivity contribution < 1.29 is 23.9 Å². The van der Waals surface area contributed by atoms with Crippen molar-refractivity contribution in [2.45, 2.75) is 18.6 Å². The molecule has 2 rings (SSSR count).